The molecule has 21 heavy (non-hydrogen) atoms. The van der Waals surface area contributed by atoms with Gasteiger partial charge in [-0.05, 0) is 50.1 Å². The Bertz CT molecular complexity index is 404. The molecule has 0 amide bonds. The number of Topliss-reactive ketones (excluding diaryl/α,β-unsaturated/α-hetero) is 1. The number of unbranched alkanes of at least 4 members (excludes halogenated alkanes) is 1. The molecule has 0 radical (unpaired) electrons. The molecule has 0 spiro atoms. The van der Waals surface area contributed by atoms with E-state index in [4.69, 9.17) is 10.5 Å². The number of nitrogens with two attached hydrogens (primary N) is 1. The van der Waals surface area contributed by atoms with E-state index in [1.165, 1.54) is 0 Å². The van der Waals surface area contributed by atoms with E-state index >= 15 is 0 Å². The molecular weight excluding hydrogens is 264 g/mol. The quantitative estimate of drug-likeness (QED) is 0.374. The third kappa shape index (κ3) is 6.74. The maximum absolute atomic E-state index is 12.4. The van der Waals surface area contributed by atoms with E-state index in [-0.39, 0.29) is 11.8 Å². The summed E-state index contributed by atoms with van der Waals surface area (Å²) in [6, 6.07) is 6.97. The molecule has 0 saturated heterocycles. The highest BCUT2D eigenvalue weighted by Crippen LogP contribution is 2.09. The monoisotopic (exact) mass is 292 g/mol. The summed E-state index contributed by atoms with van der Waals surface area (Å²) in [5.74, 6) is 0.129. The van der Waals surface area contributed by atoms with Crippen molar-refractivity contribution in [1.29, 1.82) is 0 Å². The van der Waals surface area contributed by atoms with E-state index in [9.17, 15) is 4.79 Å². The summed E-state index contributed by atoms with van der Waals surface area (Å²) in [7, 11) is 0. The molecule has 0 aromatic heterocycles. The van der Waals surface area contributed by atoms with Gasteiger partial charge < -0.3 is 15.8 Å². The number of ketones is 1. The van der Waals surface area contributed by atoms with Crippen LogP contribution >= 0.6 is 0 Å². The summed E-state index contributed by atoms with van der Waals surface area (Å²) in [5, 5.41) is 3.31. The standard InChI is InChI=1S/C17H28N2O2/c1-3-5-12-21-13-6-11-19-16(4-2)17(20)14-7-9-15(18)10-8-14/h7-10,16,19H,3-6,11-13,18H2,1-2H3. The Kier molecular flexibility index (Phi) is 8.71. The van der Waals surface area contributed by atoms with Crippen molar-refractivity contribution in [3.63, 3.8) is 0 Å². The first-order chi connectivity index (χ1) is 10.2. The van der Waals surface area contributed by atoms with E-state index in [1.54, 1.807) is 24.3 Å². The van der Waals surface area contributed by atoms with Gasteiger partial charge >= 0.3 is 0 Å². The summed E-state index contributed by atoms with van der Waals surface area (Å²) < 4.78 is 5.51. The summed E-state index contributed by atoms with van der Waals surface area (Å²) in [6.45, 7) is 6.55. The molecule has 1 aromatic carbocycles. The maximum Gasteiger partial charge on any atom is 0.179 e. The smallest absolute Gasteiger partial charge is 0.179 e. The van der Waals surface area contributed by atoms with Gasteiger partial charge in [0.25, 0.3) is 0 Å². The highest BCUT2D eigenvalue weighted by atomic mass is 16.5. The number of nitrogens with one attached hydrogen (secondary N) is 1. The maximum atomic E-state index is 12.4. The highest BCUT2D eigenvalue weighted by molar-refractivity contribution is 6.00. The van der Waals surface area contributed by atoms with Crippen molar-refractivity contribution in [2.75, 3.05) is 25.5 Å². The Balaban J connectivity index is 2.30. The van der Waals surface area contributed by atoms with Crippen molar-refractivity contribution in [3.8, 4) is 0 Å². The minimum Gasteiger partial charge on any atom is -0.399 e. The van der Waals surface area contributed by atoms with Crippen molar-refractivity contribution < 1.29 is 9.53 Å². The number of benzene rings is 1. The van der Waals surface area contributed by atoms with Crippen LogP contribution in [0.15, 0.2) is 24.3 Å². The van der Waals surface area contributed by atoms with Crippen molar-refractivity contribution in [2.45, 2.75) is 45.6 Å². The van der Waals surface area contributed by atoms with Gasteiger partial charge in [-0.1, -0.05) is 20.3 Å². The molecule has 1 unspecified atom stereocenters. The van der Waals surface area contributed by atoms with E-state index in [1.807, 2.05) is 6.92 Å². The SMILES string of the molecule is CCCCOCCCNC(CC)C(=O)c1ccc(N)cc1. The average molecular weight is 292 g/mol. The van der Waals surface area contributed by atoms with Crippen LogP contribution < -0.4 is 11.1 Å². The summed E-state index contributed by atoms with van der Waals surface area (Å²) in [4.78, 5) is 12.4. The van der Waals surface area contributed by atoms with Crippen LogP contribution in [0.2, 0.25) is 0 Å². The molecule has 1 aromatic rings. The Morgan fingerprint density at radius 3 is 2.48 bits per heavy atom. The van der Waals surface area contributed by atoms with Crippen LogP contribution in [-0.2, 0) is 4.74 Å². The Hall–Kier alpha value is -1.39. The zero-order valence-electron chi connectivity index (χ0n) is 13.2. The van der Waals surface area contributed by atoms with Gasteiger partial charge in [-0.2, -0.15) is 0 Å². The normalized spacial score (nSPS) is 12.3. The molecule has 118 valence electrons. The van der Waals surface area contributed by atoms with Crippen LogP contribution in [0, 0.1) is 0 Å². The summed E-state index contributed by atoms with van der Waals surface area (Å²) in [6.07, 6.45) is 3.97. The fourth-order valence-electron chi connectivity index (χ4n) is 2.07. The number of rotatable bonds is 11. The zero-order valence-corrected chi connectivity index (χ0v) is 13.2. The second kappa shape index (κ2) is 10.4. The van der Waals surface area contributed by atoms with E-state index in [2.05, 4.69) is 12.2 Å². The van der Waals surface area contributed by atoms with E-state index < -0.39 is 0 Å². The number of hydrogen-bond acceptors (Lipinski definition) is 4. The lowest BCUT2D eigenvalue weighted by atomic mass is 10.0. The van der Waals surface area contributed by atoms with Gasteiger partial charge in [-0.25, -0.2) is 0 Å². The van der Waals surface area contributed by atoms with E-state index in [0.717, 1.165) is 45.4 Å². The first kappa shape index (κ1) is 17.7. The molecule has 0 bridgehead atoms. The first-order valence-corrected chi connectivity index (χ1v) is 7.89. The van der Waals surface area contributed by atoms with Crippen LogP contribution in [-0.4, -0.2) is 31.6 Å². The topological polar surface area (TPSA) is 64.3 Å². The Labute approximate surface area is 128 Å². The number of anilines is 1. The van der Waals surface area contributed by atoms with Crippen LogP contribution in [0.5, 0.6) is 0 Å². The third-order valence-electron chi connectivity index (χ3n) is 3.42. The average Bonchev–Trinajstić information content (AvgIpc) is 2.50. The van der Waals surface area contributed by atoms with Gasteiger partial charge in [0.2, 0.25) is 0 Å². The first-order valence-electron chi connectivity index (χ1n) is 7.89. The second-order valence-electron chi connectivity index (χ2n) is 5.22. The molecule has 0 saturated carbocycles. The van der Waals surface area contributed by atoms with Crippen LogP contribution in [0.4, 0.5) is 5.69 Å². The number of ether oxygens (including phenoxy) is 1. The summed E-state index contributed by atoms with van der Waals surface area (Å²) >= 11 is 0. The molecular formula is C17H28N2O2. The lowest BCUT2D eigenvalue weighted by Gasteiger charge is -2.16. The van der Waals surface area contributed by atoms with Crippen molar-refractivity contribution in [3.05, 3.63) is 29.8 Å². The van der Waals surface area contributed by atoms with E-state index in [0.29, 0.717) is 11.3 Å². The minimum atomic E-state index is -0.135. The fourth-order valence-corrected chi connectivity index (χ4v) is 2.07. The molecule has 1 atom stereocenters. The lowest BCUT2D eigenvalue weighted by molar-refractivity contribution is 0.0933. The largest absolute Gasteiger partial charge is 0.399 e. The lowest BCUT2D eigenvalue weighted by Crippen LogP contribution is -2.37. The predicted octanol–water partition coefficient (Wildman–Crippen LogP) is 3.03. The molecule has 4 heteroatoms. The van der Waals surface area contributed by atoms with Crippen LogP contribution in [0.1, 0.15) is 49.9 Å². The zero-order chi connectivity index (χ0) is 15.5. The number of carbonyl (C=O) groups is 1. The number of nitrogen functional groups attached to an aromatic ring is 1. The molecule has 0 heterocycles. The summed E-state index contributed by atoms with van der Waals surface area (Å²) in [5.41, 5.74) is 7.03. The number of hydrogen-bond donors (Lipinski definition) is 2. The highest BCUT2D eigenvalue weighted by Gasteiger charge is 2.17. The predicted molar refractivity (Wildman–Crippen MR) is 87.6 cm³/mol. The second-order valence-corrected chi connectivity index (χ2v) is 5.22. The van der Waals surface area contributed by atoms with Crippen molar-refractivity contribution >= 4 is 11.5 Å². The van der Waals surface area contributed by atoms with Gasteiger partial charge in [0, 0.05) is 24.5 Å². The third-order valence-corrected chi connectivity index (χ3v) is 3.42. The van der Waals surface area contributed by atoms with Gasteiger partial charge in [-0.3, -0.25) is 4.79 Å². The molecule has 0 aliphatic rings. The van der Waals surface area contributed by atoms with Crippen molar-refractivity contribution in [2.24, 2.45) is 0 Å². The molecule has 0 aliphatic carbocycles. The van der Waals surface area contributed by atoms with Gasteiger partial charge in [0.15, 0.2) is 5.78 Å². The van der Waals surface area contributed by atoms with Gasteiger partial charge in [0.05, 0.1) is 6.04 Å². The molecule has 0 fully saturated rings. The Morgan fingerprint density at radius 2 is 1.86 bits per heavy atom. The molecule has 0 aliphatic heterocycles. The van der Waals surface area contributed by atoms with Gasteiger partial charge in [-0.15, -0.1) is 0 Å². The minimum absolute atomic E-state index is 0.129. The molecule has 3 N–H and O–H groups in total. The van der Waals surface area contributed by atoms with Crippen molar-refractivity contribution in [1.82, 2.24) is 5.32 Å². The van der Waals surface area contributed by atoms with Crippen LogP contribution in [0.3, 0.4) is 0 Å². The fraction of sp³-hybridized carbons (Fsp3) is 0.588. The number of carbonyl (C=O) groups excluding carboxylic acids is 1. The molecule has 4 nitrogen and oxygen atoms in total. The molecule has 1 rings (SSSR count). The van der Waals surface area contributed by atoms with Gasteiger partial charge in [0.1, 0.15) is 0 Å². The Morgan fingerprint density at radius 1 is 1.19 bits per heavy atom. The van der Waals surface area contributed by atoms with Crippen LogP contribution in [0.25, 0.3) is 0 Å².